The molecule has 0 aromatic carbocycles. The minimum Gasteiger partial charge on any atom is -0.488 e. The number of amides is 1. The number of hydrogen-bond acceptors (Lipinski definition) is 5. The van der Waals surface area contributed by atoms with E-state index in [0.717, 1.165) is 31.7 Å². The third-order valence-electron chi connectivity index (χ3n) is 4.83. The van der Waals surface area contributed by atoms with Crippen molar-refractivity contribution in [1.29, 1.82) is 0 Å². The van der Waals surface area contributed by atoms with Gasteiger partial charge in [-0.15, -0.1) is 0 Å². The van der Waals surface area contributed by atoms with Crippen molar-refractivity contribution >= 4 is 5.91 Å². The number of fused-ring (bicyclic) bond motifs is 1. The Morgan fingerprint density at radius 3 is 3.04 bits per heavy atom. The van der Waals surface area contributed by atoms with Gasteiger partial charge in [0.15, 0.2) is 0 Å². The summed E-state index contributed by atoms with van der Waals surface area (Å²) in [4.78, 5) is 22.3. The monoisotopic (exact) mass is 313 g/mol. The first-order valence-corrected chi connectivity index (χ1v) is 7.96. The summed E-state index contributed by atoms with van der Waals surface area (Å²) >= 11 is 0. The van der Waals surface area contributed by atoms with Crippen LogP contribution in [-0.2, 0) is 11.3 Å². The summed E-state index contributed by atoms with van der Waals surface area (Å²) in [5.74, 6) is 1.86. The number of hydrogen-bond donors (Lipinski definition) is 0. The van der Waals surface area contributed by atoms with Crippen LogP contribution in [0.5, 0.6) is 5.75 Å². The van der Waals surface area contributed by atoms with Crippen LogP contribution in [0.4, 0.5) is 0 Å². The SMILES string of the molecule is O=C(Cn1cncn1)N1C[C@H]2CC[C@@H](Oc3cccnc3)[C@H]2C1. The molecule has 2 aromatic heterocycles. The fraction of sp³-hybridized carbons (Fsp3) is 0.500. The van der Waals surface area contributed by atoms with Crippen molar-refractivity contribution in [3.05, 3.63) is 37.2 Å². The van der Waals surface area contributed by atoms with Crippen molar-refractivity contribution in [1.82, 2.24) is 24.6 Å². The summed E-state index contributed by atoms with van der Waals surface area (Å²) in [5, 5.41) is 4.00. The lowest BCUT2D eigenvalue weighted by Crippen LogP contribution is -2.34. The average Bonchev–Trinajstić information content (AvgIpc) is 3.27. The van der Waals surface area contributed by atoms with Gasteiger partial charge in [0.25, 0.3) is 0 Å². The molecule has 7 heteroatoms. The lowest BCUT2D eigenvalue weighted by molar-refractivity contribution is -0.131. The van der Waals surface area contributed by atoms with E-state index in [-0.39, 0.29) is 18.6 Å². The molecule has 1 aliphatic carbocycles. The Morgan fingerprint density at radius 1 is 1.30 bits per heavy atom. The molecule has 2 aliphatic rings. The molecule has 2 fully saturated rings. The fourth-order valence-electron chi connectivity index (χ4n) is 3.71. The zero-order valence-electron chi connectivity index (χ0n) is 12.8. The molecular weight excluding hydrogens is 294 g/mol. The predicted octanol–water partition coefficient (Wildman–Crippen LogP) is 0.989. The Hall–Kier alpha value is -2.44. The van der Waals surface area contributed by atoms with Crippen LogP contribution in [0.1, 0.15) is 12.8 Å². The van der Waals surface area contributed by atoms with Crippen LogP contribution in [0.25, 0.3) is 0 Å². The van der Waals surface area contributed by atoms with Crippen LogP contribution < -0.4 is 4.74 Å². The van der Waals surface area contributed by atoms with Gasteiger partial charge >= 0.3 is 0 Å². The maximum Gasteiger partial charge on any atom is 0.244 e. The number of nitrogens with zero attached hydrogens (tertiary/aromatic N) is 5. The highest BCUT2D eigenvalue weighted by atomic mass is 16.5. The van der Waals surface area contributed by atoms with Crippen LogP contribution in [0.2, 0.25) is 0 Å². The Labute approximate surface area is 134 Å². The Bertz CT molecular complexity index is 660. The molecule has 0 radical (unpaired) electrons. The summed E-state index contributed by atoms with van der Waals surface area (Å²) in [6.45, 7) is 1.85. The molecule has 0 bridgehead atoms. The second kappa shape index (κ2) is 5.98. The maximum absolute atomic E-state index is 12.4. The summed E-state index contributed by atoms with van der Waals surface area (Å²) in [5.41, 5.74) is 0. The minimum absolute atomic E-state index is 0.102. The van der Waals surface area contributed by atoms with E-state index in [0.29, 0.717) is 11.8 Å². The summed E-state index contributed by atoms with van der Waals surface area (Å²) in [6, 6.07) is 3.81. The van der Waals surface area contributed by atoms with Gasteiger partial charge in [-0.2, -0.15) is 5.10 Å². The molecular formula is C16H19N5O2. The number of carbonyl (C=O) groups is 1. The Kier molecular flexibility index (Phi) is 3.69. The summed E-state index contributed by atoms with van der Waals surface area (Å²) in [7, 11) is 0. The number of carbonyl (C=O) groups excluding carboxylic acids is 1. The van der Waals surface area contributed by atoms with E-state index in [9.17, 15) is 4.79 Å². The Morgan fingerprint density at radius 2 is 2.26 bits per heavy atom. The number of likely N-dealkylation sites (tertiary alicyclic amines) is 1. The van der Waals surface area contributed by atoms with Gasteiger partial charge in [-0.05, 0) is 30.9 Å². The van der Waals surface area contributed by atoms with Crippen LogP contribution >= 0.6 is 0 Å². The standard InChI is InChI=1S/C16H19N5O2/c22-16(9-21-11-18-10-19-21)20-7-12-3-4-15(14(12)8-20)23-13-2-1-5-17-6-13/h1-2,5-6,10-12,14-15H,3-4,7-9H2/t12-,14+,15-/m1/s1. The van der Waals surface area contributed by atoms with E-state index < -0.39 is 0 Å². The molecule has 2 aromatic rings. The van der Waals surface area contributed by atoms with Crippen molar-refractivity contribution < 1.29 is 9.53 Å². The fourth-order valence-corrected chi connectivity index (χ4v) is 3.71. The van der Waals surface area contributed by atoms with Crippen molar-refractivity contribution in [2.75, 3.05) is 13.1 Å². The topological polar surface area (TPSA) is 73.1 Å². The van der Waals surface area contributed by atoms with Gasteiger partial charge in [0.05, 0.1) is 6.20 Å². The van der Waals surface area contributed by atoms with Gasteiger partial charge in [-0.1, -0.05) is 0 Å². The highest BCUT2D eigenvalue weighted by Gasteiger charge is 2.45. The van der Waals surface area contributed by atoms with Crippen molar-refractivity contribution in [2.45, 2.75) is 25.5 Å². The van der Waals surface area contributed by atoms with Gasteiger partial charge in [0, 0.05) is 25.2 Å². The van der Waals surface area contributed by atoms with Gasteiger partial charge in [0.1, 0.15) is 31.1 Å². The highest BCUT2D eigenvalue weighted by Crippen LogP contribution is 2.40. The number of aromatic nitrogens is 4. The van der Waals surface area contributed by atoms with Gasteiger partial charge in [-0.3, -0.25) is 9.78 Å². The molecule has 0 N–H and O–H groups in total. The van der Waals surface area contributed by atoms with Crippen molar-refractivity contribution in [3.8, 4) is 5.75 Å². The van der Waals surface area contributed by atoms with Crippen molar-refractivity contribution in [3.63, 3.8) is 0 Å². The third-order valence-corrected chi connectivity index (χ3v) is 4.83. The molecule has 1 saturated heterocycles. The second-order valence-electron chi connectivity index (χ2n) is 6.24. The lowest BCUT2D eigenvalue weighted by atomic mass is 9.99. The van der Waals surface area contributed by atoms with E-state index >= 15 is 0 Å². The quantitative estimate of drug-likeness (QED) is 0.841. The van der Waals surface area contributed by atoms with Gasteiger partial charge in [0.2, 0.25) is 5.91 Å². The van der Waals surface area contributed by atoms with E-state index in [1.165, 1.54) is 6.33 Å². The zero-order chi connectivity index (χ0) is 15.6. The molecule has 3 heterocycles. The normalized spacial score (nSPS) is 26.3. The highest BCUT2D eigenvalue weighted by molar-refractivity contribution is 5.76. The second-order valence-corrected chi connectivity index (χ2v) is 6.24. The number of ether oxygens (including phenoxy) is 1. The Balaban J connectivity index is 1.38. The molecule has 1 saturated carbocycles. The summed E-state index contributed by atoms with van der Waals surface area (Å²) in [6.07, 6.45) is 8.85. The van der Waals surface area contributed by atoms with Crippen LogP contribution in [0, 0.1) is 11.8 Å². The maximum atomic E-state index is 12.4. The lowest BCUT2D eigenvalue weighted by Gasteiger charge is -2.22. The van der Waals surface area contributed by atoms with E-state index in [2.05, 4.69) is 15.1 Å². The number of pyridine rings is 1. The molecule has 120 valence electrons. The van der Waals surface area contributed by atoms with E-state index in [4.69, 9.17) is 4.74 Å². The first-order valence-electron chi connectivity index (χ1n) is 7.96. The van der Waals surface area contributed by atoms with E-state index in [1.54, 1.807) is 23.4 Å². The molecule has 0 spiro atoms. The smallest absolute Gasteiger partial charge is 0.244 e. The average molecular weight is 313 g/mol. The predicted molar refractivity (Wildman–Crippen MR) is 81.5 cm³/mol. The molecule has 0 unspecified atom stereocenters. The van der Waals surface area contributed by atoms with E-state index in [1.807, 2.05) is 17.0 Å². The first kappa shape index (κ1) is 14.2. The third kappa shape index (κ3) is 2.91. The van der Waals surface area contributed by atoms with Crippen molar-refractivity contribution in [2.24, 2.45) is 11.8 Å². The zero-order valence-corrected chi connectivity index (χ0v) is 12.8. The minimum atomic E-state index is 0.102. The van der Waals surface area contributed by atoms with Gasteiger partial charge < -0.3 is 9.64 Å². The largest absolute Gasteiger partial charge is 0.488 e. The number of rotatable bonds is 4. The van der Waals surface area contributed by atoms with Crippen LogP contribution in [0.3, 0.4) is 0 Å². The molecule has 1 aliphatic heterocycles. The molecule has 4 rings (SSSR count). The molecule has 3 atom stereocenters. The van der Waals surface area contributed by atoms with Crippen LogP contribution in [-0.4, -0.2) is 49.7 Å². The molecule has 23 heavy (non-hydrogen) atoms. The van der Waals surface area contributed by atoms with Gasteiger partial charge in [-0.25, -0.2) is 9.67 Å². The molecule has 7 nitrogen and oxygen atoms in total. The molecule has 1 amide bonds. The summed E-state index contributed by atoms with van der Waals surface area (Å²) < 4.78 is 7.66. The first-order chi connectivity index (χ1) is 11.3. The van der Waals surface area contributed by atoms with Crippen LogP contribution in [0.15, 0.2) is 37.2 Å².